The van der Waals surface area contributed by atoms with Crippen molar-refractivity contribution in [2.75, 3.05) is 0 Å². The molecule has 0 aromatic heterocycles. The first-order valence-corrected chi connectivity index (χ1v) is 7.71. The van der Waals surface area contributed by atoms with Gasteiger partial charge in [0.1, 0.15) is 6.04 Å². The van der Waals surface area contributed by atoms with E-state index in [9.17, 15) is 19.5 Å². The second-order valence-corrected chi connectivity index (χ2v) is 5.83. The van der Waals surface area contributed by atoms with E-state index >= 15 is 0 Å². The zero-order valence-electron chi connectivity index (χ0n) is 12.3. The summed E-state index contributed by atoms with van der Waals surface area (Å²) in [7, 11) is 0. The number of rotatable bonds is 6. The molecule has 1 unspecified atom stereocenters. The summed E-state index contributed by atoms with van der Waals surface area (Å²) in [6, 6.07) is 11.1. The van der Waals surface area contributed by atoms with Crippen LogP contribution in [0.25, 0.3) is 0 Å². The van der Waals surface area contributed by atoms with Gasteiger partial charge in [0, 0.05) is 22.6 Å². The second-order valence-electron chi connectivity index (χ2n) is 4.98. The number of Topliss-reactive ketones (excluding diaryl/α,β-unsaturated/α-hetero) is 1. The molecule has 0 heterocycles. The monoisotopic (exact) mass is 365 g/mol. The van der Waals surface area contributed by atoms with Crippen molar-refractivity contribution < 1.29 is 19.5 Å². The molecule has 0 saturated heterocycles. The van der Waals surface area contributed by atoms with Crippen LogP contribution in [0, 0.1) is 0 Å². The molecule has 2 aromatic carbocycles. The molecule has 5 nitrogen and oxygen atoms in total. The molecular formula is C17H13Cl2NO4. The maximum Gasteiger partial charge on any atom is 0.326 e. The van der Waals surface area contributed by atoms with Crippen LogP contribution >= 0.6 is 23.2 Å². The predicted octanol–water partition coefficient (Wildman–Crippen LogP) is 3.45. The van der Waals surface area contributed by atoms with Crippen molar-refractivity contribution in [3.8, 4) is 0 Å². The van der Waals surface area contributed by atoms with Gasteiger partial charge in [-0.1, -0.05) is 41.4 Å². The summed E-state index contributed by atoms with van der Waals surface area (Å²) in [5.41, 5.74) is 0.460. The average molecular weight is 366 g/mol. The summed E-state index contributed by atoms with van der Waals surface area (Å²) in [5.74, 6) is -2.38. The minimum Gasteiger partial charge on any atom is -0.480 e. The molecule has 2 N–H and O–H groups in total. The van der Waals surface area contributed by atoms with Gasteiger partial charge in [-0.15, -0.1) is 0 Å². The van der Waals surface area contributed by atoms with Gasteiger partial charge in [0.2, 0.25) is 0 Å². The van der Waals surface area contributed by atoms with Crippen LogP contribution in [0.5, 0.6) is 0 Å². The fraction of sp³-hybridized carbons (Fsp3) is 0.118. The van der Waals surface area contributed by atoms with Crippen LogP contribution in [0.1, 0.15) is 27.1 Å². The number of hydrogen-bond acceptors (Lipinski definition) is 3. The molecule has 124 valence electrons. The lowest BCUT2D eigenvalue weighted by Crippen LogP contribution is -2.42. The standard InChI is InChI=1S/C17H13Cl2NO4/c18-11-6-7-12(13(19)8-11)15(21)9-14(17(23)24)20-16(22)10-4-2-1-3-5-10/h1-8,14H,9H2,(H,20,22)(H,23,24). The van der Waals surface area contributed by atoms with E-state index in [1.54, 1.807) is 30.3 Å². The fourth-order valence-electron chi connectivity index (χ4n) is 2.04. The van der Waals surface area contributed by atoms with Gasteiger partial charge in [0.05, 0.1) is 5.02 Å². The van der Waals surface area contributed by atoms with E-state index in [2.05, 4.69) is 5.32 Å². The Hall–Kier alpha value is -2.37. The number of carbonyl (C=O) groups is 3. The zero-order chi connectivity index (χ0) is 17.7. The quantitative estimate of drug-likeness (QED) is 0.767. The zero-order valence-corrected chi connectivity index (χ0v) is 13.8. The number of nitrogens with one attached hydrogen (secondary N) is 1. The van der Waals surface area contributed by atoms with Crippen molar-refractivity contribution >= 4 is 40.9 Å². The Morgan fingerprint density at radius 3 is 2.29 bits per heavy atom. The summed E-state index contributed by atoms with van der Waals surface area (Å²) in [6.07, 6.45) is -0.421. The van der Waals surface area contributed by atoms with Crippen LogP contribution in [0.15, 0.2) is 48.5 Å². The van der Waals surface area contributed by atoms with Gasteiger partial charge in [-0.2, -0.15) is 0 Å². The maximum atomic E-state index is 12.3. The smallest absolute Gasteiger partial charge is 0.326 e. The Morgan fingerprint density at radius 1 is 1.04 bits per heavy atom. The Kier molecular flexibility index (Phi) is 5.95. The lowest BCUT2D eigenvalue weighted by molar-refractivity contribution is -0.139. The lowest BCUT2D eigenvalue weighted by Gasteiger charge is -2.14. The molecule has 0 fully saturated rings. The number of halogens is 2. The third-order valence-corrected chi connectivity index (χ3v) is 3.81. The highest BCUT2D eigenvalue weighted by molar-refractivity contribution is 6.36. The first-order valence-electron chi connectivity index (χ1n) is 6.95. The number of carbonyl (C=O) groups excluding carboxylic acids is 2. The number of amides is 1. The van der Waals surface area contributed by atoms with E-state index in [0.29, 0.717) is 10.6 Å². The van der Waals surface area contributed by atoms with Crippen molar-refractivity contribution in [2.24, 2.45) is 0 Å². The SMILES string of the molecule is O=C(NC(CC(=O)c1ccc(Cl)cc1Cl)C(=O)O)c1ccccc1. The van der Waals surface area contributed by atoms with Gasteiger partial charge < -0.3 is 10.4 Å². The number of carboxylic acids is 1. The van der Waals surface area contributed by atoms with Crippen LogP contribution in [-0.2, 0) is 4.79 Å². The van der Waals surface area contributed by atoms with Crippen molar-refractivity contribution in [1.29, 1.82) is 0 Å². The van der Waals surface area contributed by atoms with Crippen LogP contribution in [-0.4, -0.2) is 28.8 Å². The first-order chi connectivity index (χ1) is 11.4. The topological polar surface area (TPSA) is 83.5 Å². The number of carboxylic acid groups (broad SMARTS) is 1. The Bertz CT molecular complexity index is 777. The van der Waals surface area contributed by atoms with Crippen molar-refractivity contribution in [3.63, 3.8) is 0 Å². The molecule has 0 aliphatic carbocycles. The molecule has 1 amide bonds. The van der Waals surface area contributed by atoms with E-state index in [4.69, 9.17) is 23.2 Å². The Morgan fingerprint density at radius 2 is 1.71 bits per heavy atom. The molecule has 0 saturated carbocycles. The Balaban J connectivity index is 2.12. The molecule has 0 aliphatic rings. The Labute approximate surface area is 148 Å². The van der Waals surface area contributed by atoms with E-state index in [1.165, 1.54) is 18.2 Å². The molecule has 7 heteroatoms. The van der Waals surface area contributed by atoms with Gasteiger partial charge in [0.15, 0.2) is 5.78 Å². The molecule has 0 radical (unpaired) electrons. The molecule has 24 heavy (non-hydrogen) atoms. The third kappa shape index (κ3) is 4.57. The third-order valence-electron chi connectivity index (χ3n) is 3.26. The van der Waals surface area contributed by atoms with E-state index in [-0.39, 0.29) is 10.6 Å². The highest BCUT2D eigenvalue weighted by atomic mass is 35.5. The average Bonchev–Trinajstić information content (AvgIpc) is 2.54. The first kappa shape index (κ1) is 18.0. The van der Waals surface area contributed by atoms with Crippen molar-refractivity contribution in [1.82, 2.24) is 5.32 Å². The van der Waals surface area contributed by atoms with Gasteiger partial charge in [-0.3, -0.25) is 9.59 Å². The summed E-state index contributed by atoms with van der Waals surface area (Å²) >= 11 is 11.7. The second kappa shape index (κ2) is 7.95. The molecule has 2 rings (SSSR count). The largest absolute Gasteiger partial charge is 0.480 e. The van der Waals surface area contributed by atoms with Crippen molar-refractivity contribution in [2.45, 2.75) is 12.5 Å². The van der Waals surface area contributed by atoms with E-state index in [0.717, 1.165) is 0 Å². The molecule has 0 bridgehead atoms. The van der Waals surface area contributed by atoms with Crippen LogP contribution in [0.3, 0.4) is 0 Å². The number of benzene rings is 2. The van der Waals surface area contributed by atoms with Gasteiger partial charge >= 0.3 is 5.97 Å². The summed E-state index contributed by atoms with van der Waals surface area (Å²) in [5, 5.41) is 12.1. The highest BCUT2D eigenvalue weighted by Gasteiger charge is 2.25. The van der Waals surface area contributed by atoms with Gasteiger partial charge in [-0.25, -0.2) is 4.79 Å². The van der Waals surface area contributed by atoms with Crippen LogP contribution in [0.4, 0.5) is 0 Å². The molecule has 1 atom stereocenters. The number of aliphatic carboxylic acids is 1. The minimum atomic E-state index is -1.36. The van der Waals surface area contributed by atoms with Gasteiger partial charge in [-0.05, 0) is 30.3 Å². The lowest BCUT2D eigenvalue weighted by atomic mass is 10.0. The van der Waals surface area contributed by atoms with E-state index in [1.807, 2.05) is 0 Å². The van der Waals surface area contributed by atoms with Crippen LogP contribution < -0.4 is 5.32 Å². The molecular weight excluding hydrogens is 353 g/mol. The number of hydrogen-bond donors (Lipinski definition) is 2. The van der Waals surface area contributed by atoms with E-state index < -0.39 is 30.1 Å². The molecule has 0 aliphatic heterocycles. The number of ketones is 1. The summed E-state index contributed by atoms with van der Waals surface area (Å²) in [4.78, 5) is 35.7. The fourth-order valence-corrected chi connectivity index (χ4v) is 2.56. The molecule has 2 aromatic rings. The van der Waals surface area contributed by atoms with Crippen LogP contribution in [0.2, 0.25) is 10.0 Å². The maximum absolute atomic E-state index is 12.3. The minimum absolute atomic E-state index is 0.131. The predicted molar refractivity (Wildman–Crippen MR) is 90.7 cm³/mol. The summed E-state index contributed by atoms with van der Waals surface area (Å²) in [6.45, 7) is 0. The van der Waals surface area contributed by atoms with Crippen molar-refractivity contribution in [3.05, 3.63) is 69.7 Å². The summed E-state index contributed by atoms with van der Waals surface area (Å²) < 4.78 is 0. The normalized spacial score (nSPS) is 11.6. The highest BCUT2D eigenvalue weighted by Crippen LogP contribution is 2.22. The molecule has 0 spiro atoms. The van der Waals surface area contributed by atoms with Gasteiger partial charge in [0.25, 0.3) is 5.91 Å².